The molecule has 0 spiro atoms. The van der Waals surface area contributed by atoms with Gasteiger partial charge in [-0.2, -0.15) is 0 Å². The van der Waals surface area contributed by atoms with Gasteiger partial charge in [0, 0.05) is 31.3 Å². The molecule has 126 valence electrons. The lowest BCUT2D eigenvalue weighted by Gasteiger charge is -2.15. The number of rotatable bonds is 4. The number of anilines is 1. The molecule has 1 aromatic carbocycles. The van der Waals surface area contributed by atoms with E-state index in [0.29, 0.717) is 30.9 Å². The molecule has 3 heterocycles. The SMILES string of the molecule is O=C(NCc1ccnc(N2CCCC2=O)c1)c1ccc2ncsc2c1. The van der Waals surface area contributed by atoms with Gasteiger partial charge in [0.25, 0.3) is 5.91 Å². The molecule has 1 aliphatic rings. The highest BCUT2D eigenvalue weighted by Gasteiger charge is 2.22. The Bertz CT molecular complexity index is 953. The van der Waals surface area contributed by atoms with Crippen molar-refractivity contribution in [1.29, 1.82) is 0 Å². The van der Waals surface area contributed by atoms with Crippen molar-refractivity contribution in [2.45, 2.75) is 19.4 Å². The molecule has 4 rings (SSSR count). The standard InChI is InChI=1S/C18H16N4O2S/c23-17-2-1-7-22(17)16-8-12(5-6-19-16)10-20-18(24)13-3-4-14-15(9-13)25-11-21-14/h3-6,8-9,11H,1-2,7,10H2,(H,20,24). The van der Waals surface area contributed by atoms with Crippen molar-refractivity contribution in [1.82, 2.24) is 15.3 Å². The number of hydrogen-bond donors (Lipinski definition) is 1. The van der Waals surface area contributed by atoms with Gasteiger partial charge in [-0.1, -0.05) is 0 Å². The molecule has 1 saturated heterocycles. The summed E-state index contributed by atoms with van der Waals surface area (Å²) in [7, 11) is 0. The number of nitrogens with zero attached hydrogens (tertiary/aromatic N) is 3. The molecule has 0 radical (unpaired) electrons. The largest absolute Gasteiger partial charge is 0.348 e. The zero-order valence-corrected chi connectivity index (χ0v) is 14.3. The second-order valence-corrected chi connectivity index (χ2v) is 6.78. The number of pyridine rings is 1. The van der Waals surface area contributed by atoms with E-state index in [-0.39, 0.29) is 11.8 Å². The molecule has 25 heavy (non-hydrogen) atoms. The molecule has 6 nitrogen and oxygen atoms in total. The topological polar surface area (TPSA) is 75.2 Å². The van der Waals surface area contributed by atoms with Gasteiger partial charge in [0.1, 0.15) is 5.82 Å². The average molecular weight is 352 g/mol. The molecule has 0 saturated carbocycles. The van der Waals surface area contributed by atoms with Crippen molar-refractivity contribution >= 4 is 39.2 Å². The van der Waals surface area contributed by atoms with Crippen LogP contribution in [0.4, 0.5) is 5.82 Å². The van der Waals surface area contributed by atoms with Gasteiger partial charge < -0.3 is 5.32 Å². The first-order chi connectivity index (χ1) is 12.2. The second-order valence-electron chi connectivity index (χ2n) is 5.89. The minimum absolute atomic E-state index is 0.103. The van der Waals surface area contributed by atoms with Crippen molar-refractivity contribution in [2.24, 2.45) is 0 Å². The first-order valence-corrected chi connectivity index (χ1v) is 8.95. The zero-order chi connectivity index (χ0) is 17.2. The Balaban J connectivity index is 1.45. The van der Waals surface area contributed by atoms with Gasteiger partial charge in [0.2, 0.25) is 5.91 Å². The monoisotopic (exact) mass is 352 g/mol. The number of carbonyl (C=O) groups excluding carboxylic acids is 2. The number of fused-ring (bicyclic) bond motifs is 1. The van der Waals surface area contributed by atoms with Crippen LogP contribution in [0.15, 0.2) is 42.0 Å². The smallest absolute Gasteiger partial charge is 0.251 e. The third kappa shape index (κ3) is 3.23. The fourth-order valence-corrected chi connectivity index (χ4v) is 3.61. The van der Waals surface area contributed by atoms with Gasteiger partial charge in [-0.05, 0) is 42.3 Å². The van der Waals surface area contributed by atoms with Crippen LogP contribution in [-0.2, 0) is 11.3 Å². The van der Waals surface area contributed by atoms with Crippen LogP contribution in [0.3, 0.4) is 0 Å². The van der Waals surface area contributed by atoms with Gasteiger partial charge in [-0.15, -0.1) is 11.3 Å². The summed E-state index contributed by atoms with van der Waals surface area (Å²) in [6.07, 6.45) is 3.11. The van der Waals surface area contributed by atoms with Crippen LogP contribution in [0, 0.1) is 0 Å². The van der Waals surface area contributed by atoms with Gasteiger partial charge in [0.15, 0.2) is 0 Å². The maximum atomic E-state index is 12.4. The van der Waals surface area contributed by atoms with Gasteiger partial charge in [-0.25, -0.2) is 9.97 Å². The fourth-order valence-electron chi connectivity index (χ4n) is 2.89. The lowest BCUT2D eigenvalue weighted by Crippen LogP contribution is -2.26. The van der Waals surface area contributed by atoms with Crippen LogP contribution in [0.25, 0.3) is 10.2 Å². The second kappa shape index (κ2) is 6.60. The minimum Gasteiger partial charge on any atom is -0.348 e. The molecular formula is C18H16N4O2S. The Kier molecular flexibility index (Phi) is 4.15. The molecule has 1 fully saturated rings. The molecule has 7 heteroatoms. The van der Waals surface area contributed by atoms with Gasteiger partial charge in [0.05, 0.1) is 15.7 Å². The van der Waals surface area contributed by atoms with E-state index in [1.54, 1.807) is 22.7 Å². The Morgan fingerprint density at radius 3 is 3.00 bits per heavy atom. The van der Waals surface area contributed by atoms with E-state index in [9.17, 15) is 9.59 Å². The number of benzene rings is 1. The van der Waals surface area contributed by atoms with E-state index in [0.717, 1.165) is 22.2 Å². The summed E-state index contributed by atoms with van der Waals surface area (Å²) in [5.74, 6) is 0.623. The van der Waals surface area contributed by atoms with Crippen LogP contribution in [0.5, 0.6) is 0 Å². The van der Waals surface area contributed by atoms with Crippen LogP contribution in [0.1, 0.15) is 28.8 Å². The summed E-state index contributed by atoms with van der Waals surface area (Å²) in [6, 6.07) is 9.18. The third-order valence-corrected chi connectivity index (χ3v) is 5.00. The molecule has 2 aromatic heterocycles. The van der Waals surface area contributed by atoms with E-state index >= 15 is 0 Å². The Hall–Kier alpha value is -2.80. The average Bonchev–Trinajstić information content (AvgIpc) is 3.27. The fraction of sp³-hybridized carbons (Fsp3) is 0.222. The maximum absolute atomic E-state index is 12.4. The summed E-state index contributed by atoms with van der Waals surface area (Å²) in [5.41, 5.74) is 4.19. The molecule has 0 atom stereocenters. The van der Waals surface area contributed by atoms with Crippen LogP contribution in [0.2, 0.25) is 0 Å². The zero-order valence-electron chi connectivity index (χ0n) is 13.4. The van der Waals surface area contributed by atoms with E-state index < -0.39 is 0 Å². The molecule has 0 aliphatic carbocycles. The Labute approximate surface area is 148 Å². The Morgan fingerprint density at radius 1 is 1.24 bits per heavy atom. The van der Waals surface area contributed by atoms with Gasteiger partial charge in [-0.3, -0.25) is 14.5 Å². The van der Waals surface area contributed by atoms with Crippen molar-refractivity contribution in [3.8, 4) is 0 Å². The van der Waals surface area contributed by atoms with E-state index in [2.05, 4.69) is 15.3 Å². The number of carbonyl (C=O) groups is 2. The van der Waals surface area contributed by atoms with Crippen molar-refractivity contribution in [3.63, 3.8) is 0 Å². The first-order valence-electron chi connectivity index (χ1n) is 8.07. The summed E-state index contributed by atoms with van der Waals surface area (Å²) in [6.45, 7) is 1.09. The highest BCUT2D eigenvalue weighted by molar-refractivity contribution is 7.16. The quantitative estimate of drug-likeness (QED) is 0.783. The van der Waals surface area contributed by atoms with Crippen LogP contribution >= 0.6 is 11.3 Å². The third-order valence-electron chi connectivity index (χ3n) is 4.21. The highest BCUT2D eigenvalue weighted by Crippen LogP contribution is 2.21. The number of amides is 2. The number of hydrogen-bond acceptors (Lipinski definition) is 5. The maximum Gasteiger partial charge on any atom is 0.251 e. The summed E-state index contributed by atoms with van der Waals surface area (Å²) < 4.78 is 0.992. The summed E-state index contributed by atoms with van der Waals surface area (Å²) >= 11 is 1.51. The molecule has 1 aliphatic heterocycles. The van der Waals surface area contributed by atoms with Crippen molar-refractivity contribution in [3.05, 3.63) is 53.2 Å². The van der Waals surface area contributed by atoms with E-state index in [4.69, 9.17) is 0 Å². The molecule has 3 aromatic rings. The Morgan fingerprint density at radius 2 is 2.16 bits per heavy atom. The first kappa shape index (κ1) is 15.7. The van der Waals surface area contributed by atoms with Crippen molar-refractivity contribution in [2.75, 3.05) is 11.4 Å². The summed E-state index contributed by atoms with van der Waals surface area (Å²) in [5, 5.41) is 2.92. The number of thiazole rings is 1. The van der Waals surface area contributed by atoms with Crippen molar-refractivity contribution < 1.29 is 9.59 Å². The summed E-state index contributed by atoms with van der Waals surface area (Å²) in [4.78, 5) is 34.4. The highest BCUT2D eigenvalue weighted by atomic mass is 32.1. The molecule has 1 N–H and O–H groups in total. The van der Waals surface area contributed by atoms with E-state index in [1.807, 2.05) is 24.3 Å². The predicted octanol–water partition coefficient (Wildman–Crippen LogP) is 2.75. The molecular weight excluding hydrogens is 336 g/mol. The molecule has 0 bridgehead atoms. The lowest BCUT2D eigenvalue weighted by atomic mass is 10.2. The number of nitrogens with one attached hydrogen (secondary N) is 1. The lowest BCUT2D eigenvalue weighted by molar-refractivity contribution is -0.117. The molecule has 0 unspecified atom stereocenters. The van der Waals surface area contributed by atoms with Crippen LogP contribution < -0.4 is 10.2 Å². The predicted molar refractivity (Wildman–Crippen MR) is 96.6 cm³/mol. The van der Waals surface area contributed by atoms with E-state index in [1.165, 1.54) is 11.3 Å². The minimum atomic E-state index is -0.133. The number of aromatic nitrogens is 2. The van der Waals surface area contributed by atoms with Gasteiger partial charge >= 0.3 is 0 Å². The normalized spacial score (nSPS) is 14.2. The molecule has 2 amide bonds. The van der Waals surface area contributed by atoms with Crippen LogP contribution in [-0.4, -0.2) is 28.3 Å².